The molecule has 1 aliphatic heterocycles. The van der Waals surface area contributed by atoms with E-state index in [2.05, 4.69) is 20.1 Å². The highest BCUT2D eigenvalue weighted by molar-refractivity contribution is 5.72. The van der Waals surface area contributed by atoms with Gasteiger partial charge in [-0.1, -0.05) is 0 Å². The number of nitrogens with zero attached hydrogens (tertiary/aromatic N) is 5. The number of aromatic nitrogens is 4. The van der Waals surface area contributed by atoms with Crippen LogP contribution in [0, 0.1) is 5.82 Å². The van der Waals surface area contributed by atoms with Gasteiger partial charge in [0.15, 0.2) is 11.4 Å². The van der Waals surface area contributed by atoms with Crippen molar-refractivity contribution in [2.45, 2.75) is 12.6 Å². The van der Waals surface area contributed by atoms with E-state index in [1.807, 2.05) is 11.6 Å². The van der Waals surface area contributed by atoms with Gasteiger partial charge in [-0.2, -0.15) is 0 Å². The van der Waals surface area contributed by atoms with E-state index in [1.165, 1.54) is 12.1 Å². The molecular formula is C15H16FN5O2. The maximum atomic E-state index is 13.2. The number of hydrogen-bond donors (Lipinski definition) is 0. The third kappa shape index (κ3) is 2.82. The van der Waals surface area contributed by atoms with Gasteiger partial charge in [-0.15, -0.1) is 10.2 Å². The van der Waals surface area contributed by atoms with E-state index in [4.69, 9.17) is 9.15 Å². The highest BCUT2D eigenvalue weighted by Crippen LogP contribution is 2.22. The van der Waals surface area contributed by atoms with Crippen LogP contribution in [0.25, 0.3) is 11.1 Å². The van der Waals surface area contributed by atoms with Crippen LogP contribution in [0.4, 0.5) is 4.39 Å². The van der Waals surface area contributed by atoms with Crippen LogP contribution in [0.2, 0.25) is 0 Å². The van der Waals surface area contributed by atoms with Gasteiger partial charge in [0.25, 0.3) is 0 Å². The molecule has 1 aromatic carbocycles. The van der Waals surface area contributed by atoms with Crippen molar-refractivity contribution < 1.29 is 13.5 Å². The van der Waals surface area contributed by atoms with Gasteiger partial charge >= 0.3 is 0 Å². The lowest BCUT2D eigenvalue weighted by Gasteiger charge is -2.31. The normalized spacial score (nSPS) is 19.5. The maximum Gasteiger partial charge on any atom is 0.209 e. The van der Waals surface area contributed by atoms with Crippen LogP contribution in [0.1, 0.15) is 17.8 Å². The van der Waals surface area contributed by atoms with Crippen LogP contribution in [0.3, 0.4) is 0 Å². The third-order valence-corrected chi connectivity index (χ3v) is 3.94. The van der Waals surface area contributed by atoms with Crippen molar-refractivity contribution >= 4 is 11.1 Å². The van der Waals surface area contributed by atoms with Crippen molar-refractivity contribution in [3.8, 4) is 0 Å². The summed E-state index contributed by atoms with van der Waals surface area (Å²) in [5, 5.41) is 8.00. The Bertz CT molecular complexity index is 830. The van der Waals surface area contributed by atoms with Crippen LogP contribution >= 0.6 is 0 Å². The molecule has 0 saturated carbocycles. The van der Waals surface area contributed by atoms with Crippen molar-refractivity contribution in [1.29, 1.82) is 0 Å². The van der Waals surface area contributed by atoms with Crippen molar-refractivity contribution in [1.82, 2.24) is 24.6 Å². The monoisotopic (exact) mass is 317 g/mol. The van der Waals surface area contributed by atoms with Gasteiger partial charge in [-0.25, -0.2) is 9.37 Å². The number of ether oxygens (including phenoxy) is 1. The Hall–Kier alpha value is -2.32. The first kappa shape index (κ1) is 14.3. The first-order valence-electron chi connectivity index (χ1n) is 7.42. The zero-order valence-corrected chi connectivity index (χ0v) is 12.6. The van der Waals surface area contributed by atoms with Crippen LogP contribution in [0.15, 0.2) is 28.9 Å². The molecule has 1 saturated heterocycles. The number of morpholine rings is 1. The van der Waals surface area contributed by atoms with Crippen molar-refractivity contribution in [2.24, 2.45) is 7.05 Å². The van der Waals surface area contributed by atoms with E-state index < -0.39 is 0 Å². The van der Waals surface area contributed by atoms with Gasteiger partial charge in [-0.3, -0.25) is 4.90 Å². The quantitative estimate of drug-likeness (QED) is 0.732. The van der Waals surface area contributed by atoms with Gasteiger partial charge in [0.1, 0.15) is 23.8 Å². The maximum absolute atomic E-state index is 13.2. The molecule has 120 valence electrons. The van der Waals surface area contributed by atoms with E-state index in [0.717, 1.165) is 12.4 Å². The Kier molecular flexibility index (Phi) is 3.55. The average molecular weight is 317 g/mol. The predicted octanol–water partition coefficient (Wildman–Crippen LogP) is 1.67. The van der Waals surface area contributed by atoms with Crippen molar-refractivity contribution in [3.63, 3.8) is 0 Å². The number of oxazole rings is 1. The largest absolute Gasteiger partial charge is 0.439 e. The van der Waals surface area contributed by atoms with Gasteiger partial charge in [0, 0.05) is 26.2 Å². The van der Waals surface area contributed by atoms with E-state index in [0.29, 0.717) is 36.7 Å². The molecule has 0 radical (unpaired) electrons. The second-order valence-electron chi connectivity index (χ2n) is 5.61. The summed E-state index contributed by atoms with van der Waals surface area (Å²) in [6.07, 6.45) is 1.53. The number of fused-ring (bicyclic) bond motifs is 1. The Morgan fingerprint density at radius 3 is 3.13 bits per heavy atom. The summed E-state index contributed by atoms with van der Waals surface area (Å²) < 4.78 is 26.5. The lowest BCUT2D eigenvalue weighted by Crippen LogP contribution is -2.38. The van der Waals surface area contributed by atoms with E-state index in [9.17, 15) is 4.39 Å². The molecule has 1 atom stereocenters. The molecule has 0 amide bonds. The van der Waals surface area contributed by atoms with E-state index >= 15 is 0 Å². The van der Waals surface area contributed by atoms with Crippen LogP contribution in [-0.4, -0.2) is 44.3 Å². The molecule has 3 heterocycles. The lowest BCUT2D eigenvalue weighted by molar-refractivity contribution is -0.0405. The predicted molar refractivity (Wildman–Crippen MR) is 78.9 cm³/mol. The minimum atomic E-state index is -0.314. The van der Waals surface area contributed by atoms with E-state index in [1.54, 1.807) is 12.4 Å². The highest BCUT2D eigenvalue weighted by atomic mass is 19.1. The Labute approximate surface area is 131 Å². The Morgan fingerprint density at radius 2 is 2.30 bits per heavy atom. The first-order valence-corrected chi connectivity index (χ1v) is 7.42. The fourth-order valence-corrected chi connectivity index (χ4v) is 2.79. The summed E-state index contributed by atoms with van der Waals surface area (Å²) in [6, 6.07) is 4.35. The SMILES string of the molecule is Cn1cnnc1[C@H]1CN(Cc2nc3cc(F)ccc3o2)CCO1. The van der Waals surface area contributed by atoms with Crippen LogP contribution in [0.5, 0.6) is 0 Å². The van der Waals surface area contributed by atoms with Gasteiger partial charge in [0.2, 0.25) is 5.89 Å². The molecule has 7 nitrogen and oxygen atoms in total. The second kappa shape index (κ2) is 5.71. The average Bonchev–Trinajstić information content (AvgIpc) is 3.12. The second-order valence-corrected chi connectivity index (χ2v) is 5.61. The van der Waals surface area contributed by atoms with Gasteiger partial charge in [-0.05, 0) is 12.1 Å². The van der Waals surface area contributed by atoms with Crippen LogP contribution in [-0.2, 0) is 18.3 Å². The summed E-state index contributed by atoms with van der Waals surface area (Å²) in [6.45, 7) is 2.61. The molecular weight excluding hydrogens is 301 g/mol. The molecule has 8 heteroatoms. The molecule has 0 N–H and O–H groups in total. The van der Waals surface area contributed by atoms with E-state index in [-0.39, 0.29) is 11.9 Å². The summed E-state index contributed by atoms with van der Waals surface area (Å²) in [5.74, 6) is 1.06. The summed E-state index contributed by atoms with van der Waals surface area (Å²) in [7, 11) is 1.90. The zero-order valence-electron chi connectivity index (χ0n) is 12.6. The molecule has 0 spiro atoms. The standard InChI is InChI=1S/C15H16FN5O2/c1-20-9-17-19-15(20)13-7-21(4-5-22-13)8-14-18-11-6-10(16)2-3-12(11)23-14/h2-3,6,9,13H,4-5,7-8H2,1H3/t13-/m1/s1. The van der Waals surface area contributed by atoms with Gasteiger partial charge < -0.3 is 13.7 Å². The highest BCUT2D eigenvalue weighted by Gasteiger charge is 2.26. The minimum absolute atomic E-state index is 0.127. The zero-order chi connectivity index (χ0) is 15.8. The summed E-state index contributed by atoms with van der Waals surface area (Å²) >= 11 is 0. The molecule has 4 rings (SSSR count). The fraction of sp³-hybridized carbons (Fsp3) is 0.400. The number of halogens is 1. The Balaban J connectivity index is 1.50. The molecule has 2 aromatic heterocycles. The topological polar surface area (TPSA) is 69.2 Å². The van der Waals surface area contributed by atoms with Gasteiger partial charge in [0.05, 0.1) is 13.2 Å². The fourth-order valence-electron chi connectivity index (χ4n) is 2.79. The van der Waals surface area contributed by atoms with Crippen LogP contribution < -0.4 is 0 Å². The Morgan fingerprint density at radius 1 is 1.39 bits per heavy atom. The number of benzene rings is 1. The smallest absolute Gasteiger partial charge is 0.209 e. The number of rotatable bonds is 3. The molecule has 1 aliphatic rings. The molecule has 0 bridgehead atoms. The number of aryl methyl sites for hydroxylation is 1. The van der Waals surface area contributed by atoms with Crippen molar-refractivity contribution in [2.75, 3.05) is 19.7 Å². The first-order chi connectivity index (χ1) is 11.2. The lowest BCUT2D eigenvalue weighted by atomic mass is 10.2. The number of hydrogen-bond acceptors (Lipinski definition) is 6. The van der Waals surface area contributed by atoms with Crippen molar-refractivity contribution in [3.05, 3.63) is 42.1 Å². The molecule has 1 fully saturated rings. The molecule has 23 heavy (non-hydrogen) atoms. The molecule has 0 unspecified atom stereocenters. The summed E-state index contributed by atoms with van der Waals surface area (Å²) in [4.78, 5) is 6.54. The molecule has 3 aromatic rings. The molecule has 0 aliphatic carbocycles. The third-order valence-electron chi connectivity index (χ3n) is 3.94. The minimum Gasteiger partial charge on any atom is -0.439 e. The summed E-state index contributed by atoms with van der Waals surface area (Å²) in [5.41, 5.74) is 1.14.